The van der Waals surface area contributed by atoms with Gasteiger partial charge < -0.3 is 15.4 Å². The van der Waals surface area contributed by atoms with Gasteiger partial charge in [-0.15, -0.1) is 0 Å². The number of anilines is 2. The normalized spacial score (nSPS) is 10.4. The number of aromatic nitrogens is 2. The summed E-state index contributed by atoms with van der Waals surface area (Å²) in [6, 6.07) is 17.1. The predicted molar refractivity (Wildman–Crippen MR) is 111 cm³/mol. The maximum atomic E-state index is 12.6. The Morgan fingerprint density at radius 1 is 1.04 bits per heavy atom. The first-order chi connectivity index (χ1) is 13.5. The quantitative estimate of drug-likeness (QED) is 0.641. The van der Waals surface area contributed by atoms with E-state index in [1.165, 1.54) is 5.56 Å². The lowest BCUT2D eigenvalue weighted by Crippen LogP contribution is -2.15. The molecule has 0 saturated heterocycles. The molecule has 0 radical (unpaired) electrons. The van der Waals surface area contributed by atoms with E-state index in [1.54, 1.807) is 25.1 Å². The molecule has 0 unspecified atom stereocenters. The van der Waals surface area contributed by atoms with Crippen LogP contribution in [-0.4, -0.2) is 22.5 Å². The Morgan fingerprint density at radius 3 is 2.54 bits per heavy atom. The van der Waals surface area contributed by atoms with Crippen molar-refractivity contribution in [3.05, 3.63) is 77.2 Å². The maximum Gasteiger partial charge on any atom is 0.274 e. The van der Waals surface area contributed by atoms with Crippen molar-refractivity contribution in [1.82, 2.24) is 9.97 Å². The van der Waals surface area contributed by atoms with Gasteiger partial charge in [-0.05, 0) is 50.6 Å². The summed E-state index contributed by atoms with van der Waals surface area (Å²) >= 11 is 0. The van der Waals surface area contributed by atoms with Gasteiger partial charge in [0.25, 0.3) is 5.91 Å². The molecule has 6 nitrogen and oxygen atoms in total. The van der Waals surface area contributed by atoms with E-state index in [1.807, 2.05) is 31.2 Å². The molecular weight excluding hydrogens is 352 g/mol. The minimum absolute atomic E-state index is 0.284. The fraction of sp³-hybridized carbons (Fsp3) is 0.227. The van der Waals surface area contributed by atoms with Gasteiger partial charge in [0, 0.05) is 18.3 Å². The highest BCUT2D eigenvalue weighted by atomic mass is 16.5. The summed E-state index contributed by atoms with van der Waals surface area (Å²) in [5.74, 6) is 1.63. The summed E-state index contributed by atoms with van der Waals surface area (Å²) in [5.41, 5.74) is 3.34. The van der Waals surface area contributed by atoms with Gasteiger partial charge in [-0.3, -0.25) is 4.79 Å². The molecule has 0 fully saturated rings. The van der Waals surface area contributed by atoms with Crippen LogP contribution in [0.2, 0.25) is 0 Å². The first kappa shape index (κ1) is 19.4. The highest BCUT2D eigenvalue weighted by Gasteiger charge is 2.11. The third kappa shape index (κ3) is 5.30. The molecule has 3 aromatic rings. The monoisotopic (exact) mass is 376 g/mol. The molecule has 1 heterocycles. The molecule has 2 aromatic carbocycles. The van der Waals surface area contributed by atoms with Crippen molar-refractivity contribution in [1.29, 1.82) is 0 Å². The molecule has 144 valence electrons. The van der Waals surface area contributed by atoms with Crippen LogP contribution in [-0.2, 0) is 6.54 Å². The van der Waals surface area contributed by atoms with Crippen LogP contribution < -0.4 is 15.4 Å². The van der Waals surface area contributed by atoms with E-state index in [0.717, 1.165) is 11.3 Å². The van der Waals surface area contributed by atoms with Crippen LogP contribution in [0.15, 0.2) is 54.6 Å². The van der Waals surface area contributed by atoms with Gasteiger partial charge in [-0.2, -0.15) is 0 Å². The van der Waals surface area contributed by atoms with Crippen molar-refractivity contribution in [3.8, 4) is 5.75 Å². The summed E-state index contributed by atoms with van der Waals surface area (Å²) in [6.07, 6.45) is 0. The highest BCUT2D eigenvalue weighted by Crippen LogP contribution is 2.17. The highest BCUT2D eigenvalue weighted by molar-refractivity contribution is 6.03. The Kier molecular flexibility index (Phi) is 6.22. The van der Waals surface area contributed by atoms with Crippen LogP contribution in [0.4, 0.5) is 11.5 Å². The average Bonchev–Trinajstić information content (AvgIpc) is 2.68. The van der Waals surface area contributed by atoms with Crippen LogP contribution in [0.5, 0.6) is 5.75 Å². The van der Waals surface area contributed by atoms with E-state index in [0.29, 0.717) is 36.2 Å². The summed E-state index contributed by atoms with van der Waals surface area (Å²) < 4.78 is 5.41. The number of ether oxygens (including phenoxy) is 1. The summed E-state index contributed by atoms with van der Waals surface area (Å²) in [7, 11) is 0. The van der Waals surface area contributed by atoms with Crippen molar-refractivity contribution in [2.24, 2.45) is 0 Å². The van der Waals surface area contributed by atoms with Crippen LogP contribution in [0.3, 0.4) is 0 Å². The molecular formula is C22H24N4O2. The Morgan fingerprint density at radius 2 is 1.82 bits per heavy atom. The third-order valence-electron chi connectivity index (χ3n) is 4.05. The number of nitrogens with zero attached hydrogens (tertiary/aromatic N) is 2. The molecule has 0 aliphatic rings. The van der Waals surface area contributed by atoms with Crippen LogP contribution in [0, 0.1) is 13.8 Å². The van der Waals surface area contributed by atoms with Gasteiger partial charge in [0.2, 0.25) is 0 Å². The average molecular weight is 376 g/mol. The minimum Gasteiger partial charge on any atom is -0.494 e. The zero-order valence-electron chi connectivity index (χ0n) is 16.3. The van der Waals surface area contributed by atoms with Crippen molar-refractivity contribution in [2.45, 2.75) is 27.3 Å². The van der Waals surface area contributed by atoms with E-state index in [9.17, 15) is 4.79 Å². The standard InChI is InChI=1S/C22H24N4O2/c1-4-28-19-10-8-18(9-11-19)26-22(27)20-13-21(25-16(3)24-20)23-14-17-7-5-6-15(2)12-17/h5-13H,4,14H2,1-3H3,(H,26,27)(H,23,24,25). The summed E-state index contributed by atoms with van der Waals surface area (Å²) in [6.45, 7) is 6.98. The number of aryl methyl sites for hydroxylation is 2. The lowest BCUT2D eigenvalue weighted by atomic mass is 10.1. The van der Waals surface area contributed by atoms with Gasteiger partial charge in [0.05, 0.1) is 6.61 Å². The zero-order valence-corrected chi connectivity index (χ0v) is 16.3. The van der Waals surface area contributed by atoms with E-state index in [2.05, 4.69) is 39.7 Å². The van der Waals surface area contributed by atoms with Gasteiger partial charge in [-0.1, -0.05) is 29.8 Å². The first-order valence-corrected chi connectivity index (χ1v) is 9.23. The molecule has 1 amide bonds. The van der Waals surface area contributed by atoms with Crippen LogP contribution in [0.1, 0.15) is 34.4 Å². The molecule has 28 heavy (non-hydrogen) atoms. The molecule has 0 spiro atoms. The molecule has 0 aliphatic carbocycles. The topological polar surface area (TPSA) is 76.1 Å². The SMILES string of the molecule is CCOc1ccc(NC(=O)c2cc(NCc3cccc(C)c3)nc(C)n2)cc1. The van der Waals surface area contributed by atoms with Crippen molar-refractivity contribution < 1.29 is 9.53 Å². The molecule has 6 heteroatoms. The molecule has 0 atom stereocenters. The number of hydrogen-bond acceptors (Lipinski definition) is 5. The second-order valence-corrected chi connectivity index (χ2v) is 6.44. The third-order valence-corrected chi connectivity index (χ3v) is 4.05. The lowest BCUT2D eigenvalue weighted by molar-refractivity contribution is 0.102. The van der Waals surface area contributed by atoms with Gasteiger partial charge in [0.1, 0.15) is 23.1 Å². The number of hydrogen-bond donors (Lipinski definition) is 2. The molecule has 0 aliphatic heterocycles. The molecule has 2 N–H and O–H groups in total. The number of carbonyl (C=O) groups excluding carboxylic acids is 1. The lowest BCUT2D eigenvalue weighted by Gasteiger charge is -2.10. The van der Waals surface area contributed by atoms with Crippen LogP contribution in [0.25, 0.3) is 0 Å². The van der Waals surface area contributed by atoms with Crippen molar-refractivity contribution in [2.75, 3.05) is 17.2 Å². The maximum absolute atomic E-state index is 12.6. The molecule has 0 bridgehead atoms. The molecule has 3 rings (SSSR count). The van der Waals surface area contributed by atoms with E-state index >= 15 is 0 Å². The van der Waals surface area contributed by atoms with E-state index in [-0.39, 0.29) is 5.91 Å². The minimum atomic E-state index is -0.284. The van der Waals surface area contributed by atoms with Crippen molar-refractivity contribution >= 4 is 17.4 Å². The summed E-state index contributed by atoms with van der Waals surface area (Å²) in [4.78, 5) is 21.2. The fourth-order valence-corrected chi connectivity index (χ4v) is 2.79. The molecule has 1 aromatic heterocycles. The Labute approximate surface area is 165 Å². The van der Waals surface area contributed by atoms with Gasteiger partial charge in [-0.25, -0.2) is 9.97 Å². The van der Waals surface area contributed by atoms with Crippen molar-refractivity contribution in [3.63, 3.8) is 0 Å². The number of benzene rings is 2. The van der Waals surface area contributed by atoms with Gasteiger partial charge >= 0.3 is 0 Å². The summed E-state index contributed by atoms with van der Waals surface area (Å²) in [5, 5.41) is 6.11. The largest absolute Gasteiger partial charge is 0.494 e. The number of amides is 1. The number of nitrogens with one attached hydrogen (secondary N) is 2. The second-order valence-electron chi connectivity index (χ2n) is 6.44. The number of carbonyl (C=O) groups is 1. The zero-order chi connectivity index (χ0) is 19.9. The fourth-order valence-electron chi connectivity index (χ4n) is 2.79. The molecule has 0 saturated carbocycles. The first-order valence-electron chi connectivity index (χ1n) is 9.23. The Hall–Kier alpha value is -3.41. The Balaban J connectivity index is 1.68. The van der Waals surface area contributed by atoms with E-state index < -0.39 is 0 Å². The van der Waals surface area contributed by atoms with Gasteiger partial charge in [0.15, 0.2) is 0 Å². The number of rotatable bonds is 7. The second kappa shape index (κ2) is 8.99. The van der Waals surface area contributed by atoms with E-state index in [4.69, 9.17) is 4.74 Å². The predicted octanol–water partition coefficient (Wildman–Crippen LogP) is 4.36. The van der Waals surface area contributed by atoms with Crippen LogP contribution >= 0.6 is 0 Å². The Bertz CT molecular complexity index is 955. The smallest absolute Gasteiger partial charge is 0.274 e.